The second-order valence-electron chi connectivity index (χ2n) is 10.2. The Morgan fingerprint density at radius 3 is 2.49 bits per heavy atom. The number of carbonyl (C=O) groups is 1. The lowest BCUT2D eigenvalue weighted by Crippen LogP contribution is -2.62. The minimum Gasteiger partial charge on any atom is -0.496 e. The number of pyridine rings is 1. The molecule has 10 heteroatoms. The number of hydrogen-bond donors (Lipinski definition) is 2. The third kappa shape index (κ3) is 5.29. The first-order valence-corrected chi connectivity index (χ1v) is 11.8. The van der Waals surface area contributed by atoms with E-state index in [0.29, 0.717) is 27.9 Å². The molecule has 1 aliphatic heterocycles. The van der Waals surface area contributed by atoms with Crippen LogP contribution in [-0.2, 0) is 10.3 Å². The summed E-state index contributed by atoms with van der Waals surface area (Å²) < 4.78 is 52.0. The molecule has 0 saturated carbocycles. The van der Waals surface area contributed by atoms with Crippen molar-refractivity contribution in [3.05, 3.63) is 65.1 Å². The lowest BCUT2D eigenvalue weighted by atomic mass is 9.84. The van der Waals surface area contributed by atoms with Crippen LogP contribution in [-0.4, -0.2) is 46.9 Å². The molecule has 198 valence electrons. The summed E-state index contributed by atoms with van der Waals surface area (Å²) in [6.07, 6.45) is -1.89. The first-order chi connectivity index (χ1) is 17.3. The number of nitrogens with one attached hydrogen (secondary N) is 1. The Labute approximate surface area is 213 Å². The summed E-state index contributed by atoms with van der Waals surface area (Å²) in [6.45, 7) is 6.98. The minimum absolute atomic E-state index is 0.00877. The van der Waals surface area contributed by atoms with Crippen LogP contribution >= 0.6 is 0 Å². The molecule has 0 radical (unpaired) electrons. The lowest BCUT2D eigenvalue weighted by Gasteiger charge is -2.46. The van der Waals surface area contributed by atoms with E-state index in [1.807, 2.05) is 0 Å². The van der Waals surface area contributed by atoms with Gasteiger partial charge in [-0.05, 0) is 39.8 Å². The molecule has 0 aliphatic carbocycles. The van der Waals surface area contributed by atoms with E-state index in [1.54, 1.807) is 52.1 Å². The van der Waals surface area contributed by atoms with Crippen molar-refractivity contribution in [1.29, 1.82) is 0 Å². The molecule has 3 aromatic rings. The first kappa shape index (κ1) is 26.5. The SMILES string of the molecule is COc1cc2nccc(N[C@H](C)c3cccc(C(F)F)c3F)c2cc1C1(O)CN(C(=O)OC(C)(C)C)C1. The Kier molecular flexibility index (Phi) is 6.98. The fourth-order valence-electron chi connectivity index (χ4n) is 4.43. The number of anilines is 1. The highest BCUT2D eigenvalue weighted by Gasteiger charge is 2.48. The Morgan fingerprint density at radius 2 is 1.86 bits per heavy atom. The van der Waals surface area contributed by atoms with Crippen molar-refractivity contribution in [2.45, 2.75) is 51.4 Å². The van der Waals surface area contributed by atoms with Crippen LogP contribution in [0, 0.1) is 5.82 Å². The van der Waals surface area contributed by atoms with Gasteiger partial charge in [0.2, 0.25) is 0 Å². The van der Waals surface area contributed by atoms with Gasteiger partial charge in [-0.3, -0.25) is 4.98 Å². The van der Waals surface area contributed by atoms with E-state index in [0.717, 1.165) is 6.07 Å². The molecule has 1 atom stereocenters. The van der Waals surface area contributed by atoms with Gasteiger partial charge in [-0.25, -0.2) is 18.0 Å². The summed E-state index contributed by atoms with van der Waals surface area (Å²) in [6, 6.07) is 8.34. The number of hydrogen-bond acceptors (Lipinski definition) is 6. The molecule has 0 bridgehead atoms. The summed E-state index contributed by atoms with van der Waals surface area (Å²) in [5, 5.41) is 15.1. The van der Waals surface area contributed by atoms with Crippen molar-refractivity contribution < 1.29 is 32.5 Å². The van der Waals surface area contributed by atoms with E-state index in [9.17, 15) is 23.1 Å². The van der Waals surface area contributed by atoms with Crippen LogP contribution in [0.2, 0.25) is 0 Å². The zero-order valence-electron chi connectivity index (χ0n) is 21.3. The van der Waals surface area contributed by atoms with Crippen molar-refractivity contribution >= 4 is 22.7 Å². The molecule has 2 aromatic carbocycles. The van der Waals surface area contributed by atoms with Crippen LogP contribution in [0.25, 0.3) is 10.9 Å². The van der Waals surface area contributed by atoms with E-state index < -0.39 is 41.1 Å². The number of halogens is 3. The maximum Gasteiger partial charge on any atom is 0.410 e. The van der Waals surface area contributed by atoms with Crippen LogP contribution in [0.15, 0.2) is 42.6 Å². The van der Waals surface area contributed by atoms with Gasteiger partial charge < -0.3 is 24.8 Å². The topological polar surface area (TPSA) is 83.9 Å². The Balaban J connectivity index is 1.66. The van der Waals surface area contributed by atoms with E-state index >= 15 is 0 Å². The molecule has 0 spiro atoms. The highest BCUT2D eigenvalue weighted by Crippen LogP contribution is 2.41. The number of aromatic nitrogens is 1. The van der Waals surface area contributed by atoms with Crippen LogP contribution in [0.5, 0.6) is 5.75 Å². The minimum atomic E-state index is -2.92. The van der Waals surface area contributed by atoms with Crippen molar-refractivity contribution in [3.63, 3.8) is 0 Å². The molecule has 1 aliphatic rings. The number of likely N-dealkylation sites (tertiary alicyclic amines) is 1. The quantitative estimate of drug-likeness (QED) is 0.422. The number of aliphatic hydroxyl groups is 1. The fourth-order valence-corrected chi connectivity index (χ4v) is 4.43. The number of fused-ring (bicyclic) bond motifs is 1. The molecular formula is C27H30F3N3O4. The van der Waals surface area contributed by atoms with E-state index in [4.69, 9.17) is 9.47 Å². The third-order valence-electron chi connectivity index (χ3n) is 6.25. The van der Waals surface area contributed by atoms with Gasteiger partial charge in [0.15, 0.2) is 0 Å². The molecule has 1 amide bonds. The Hall–Kier alpha value is -3.53. The normalized spacial score (nSPS) is 15.9. The van der Waals surface area contributed by atoms with Gasteiger partial charge >= 0.3 is 6.09 Å². The lowest BCUT2D eigenvalue weighted by molar-refractivity contribution is -0.104. The van der Waals surface area contributed by atoms with Crippen LogP contribution in [0.1, 0.15) is 56.9 Å². The van der Waals surface area contributed by atoms with Crippen molar-refractivity contribution in [3.8, 4) is 5.75 Å². The molecular weight excluding hydrogens is 487 g/mol. The maximum absolute atomic E-state index is 14.7. The third-order valence-corrected chi connectivity index (χ3v) is 6.25. The standard InChI is InChI=1S/C27H30F3N3O4/c1-15(16-7-6-8-17(23(16)28)24(29)30)32-20-9-10-31-21-12-22(36-5)19(11-18(20)21)27(35)13-33(14-27)25(34)37-26(2,3)4/h6-12,15,24,35H,13-14H2,1-5H3,(H,31,32)/t15-/m1/s1. The average Bonchev–Trinajstić information content (AvgIpc) is 2.80. The summed E-state index contributed by atoms with van der Waals surface area (Å²) in [5.41, 5.74) is -1.03. The van der Waals surface area contributed by atoms with Gasteiger partial charge in [0, 0.05) is 34.5 Å². The second-order valence-corrected chi connectivity index (χ2v) is 10.2. The number of benzene rings is 2. The monoisotopic (exact) mass is 517 g/mol. The number of methoxy groups -OCH3 is 1. The molecule has 37 heavy (non-hydrogen) atoms. The van der Waals surface area contributed by atoms with Crippen molar-refractivity contribution in [2.24, 2.45) is 0 Å². The van der Waals surface area contributed by atoms with Crippen molar-refractivity contribution in [1.82, 2.24) is 9.88 Å². The number of carbonyl (C=O) groups excluding carboxylic acids is 1. The van der Waals surface area contributed by atoms with Crippen molar-refractivity contribution in [2.75, 3.05) is 25.5 Å². The van der Waals surface area contributed by atoms with Gasteiger partial charge in [-0.2, -0.15) is 0 Å². The molecule has 1 saturated heterocycles. The smallest absolute Gasteiger partial charge is 0.410 e. The molecule has 2 N–H and O–H groups in total. The number of ether oxygens (including phenoxy) is 2. The largest absolute Gasteiger partial charge is 0.496 e. The number of nitrogens with zero attached hydrogens (tertiary/aromatic N) is 2. The zero-order valence-corrected chi connectivity index (χ0v) is 21.3. The number of alkyl halides is 2. The van der Waals surface area contributed by atoms with E-state index in [-0.39, 0.29) is 18.7 Å². The molecule has 1 aromatic heterocycles. The Bertz CT molecular complexity index is 1320. The fraction of sp³-hybridized carbons (Fsp3) is 0.407. The van der Waals surface area contributed by atoms with Gasteiger partial charge in [0.25, 0.3) is 6.43 Å². The summed E-state index contributed by atoms with van der Waals surface area (Å²) in [7, 11) is 1.47. The summed E-state index contributed by atoms with van der Waals surface area (Å²) >= 11 is 0. The molecule has 4 rings (SSSR count). The predicted octanol–water partition coefficient (Wildman–Crippen LogP) is 5.93. The predicted molar refractivity (Wildman–Crippen MR) is 133 cm³/mol. The molecule has 2 heterocycles. The molecule has 0 unspecified atom stereocenters. The van der Waals surface area contributed by atoms with E-state index in [2.05, 4.69) is 10.3 Å². The van der Waals surface area contributed by atoms with Gasteiger partial charge in [0.1, 0.15) is 22.8 Å². The first-order valence-electron chi connectivity index (χ1n) is 11.8. The van der Waals surface area contributed by atoms with Crippen LogP contribution in [0.3, 0.4) is 0 Å². The number of amides is 1. The molecule has 1 fully saturated rings. The average molecular weight is 518 g/mol. The van der Waals surface area contributed by atoms with Gasteiger partial charge in [-0.1, -0.05) is 18.2 Å². The molecule has 7 nitrogen and oxygen atoms in total. The van der Waals surface area contributed by atoms with E-state index in [1.165, 1.54) is 24.1 Å². The van der Waals surface area contributed by atoms with Crippen LogP contribution < -0.4 is 10.1 Å². The number of β-amino-alcohol motifs (C(OH)–C–C–N with tert-alkyl or cyclic N) is 1. The highest BCUT2D eigenvalue weighted by molar-refractivity contribution is 5.93. The highest BCUT2D eigenvalue weighted by atomic mass is 19.3. The van der Waals surface area contributed by atoms with Gasteiger partial charge in [0.05, 0.1) is 37.3 Å². The zero-order chi connectivity index (χ0) is 27.1. The summed E-state index contributed by atoms with van der Waals surface area (Å²) in [4.78, 5) is 18.2. The summed E-state index contributed by atoms with van der Waals surface area (Å²) in [5.74, 6) is -0.559. The second kappa shape index (κ2) is 9.74. The number of rotatable bonds is 6. The maximum atomic E-state index is 14.7. The van der Waals surface area contributed by atoms with Crippen LogP contribution in [0.4, 0.5) is 23.7 Å². The Morgan fingerprint density at radius 1 is 1.19 bits per heavy atom. The van der Waals surface area contributed by atoms with Gasteiger partial charge in [-0.15, -0.1) is 0 Å².